The normalized spacial score (nSPS) is 19.6. The van der Waals surface area contributed by atoms with E-state index in [0.717, 1.165) is 12.4 Å². The average molecular weight is 307 g/mol. The van der Waals surface area contributed by atoms with Crippen LogP contribution in [0, 0.1) is 6.92 Å². The summed E-state index contributed by atoms with van der Waals surface area (Å²) in [7, 11) is 0. The molecule has 118 valence electrons. The maximum atomic E-state index is 5.55. The Hall–Kier alpha value is -2.23. The highest BCUT2D eigenvalue weighted by atomic mass is 16.3. The van der Waals surface area contributed by atoms with Crippen molar-refractivity contribution in [2.45, 2.75) is 51.1 Å². The summed E-state index contributed by atoms with van der Waals surface area (Å²) in [5.74, 6) is 0.740. The van der Waals surface area contributed by atoms with Gasteiger partial charge in [0.05, 0.1) is 23.5 Å². The van der Waals surface area contributed by atoms with Gasteiger partial charge >= 0.3 is 5.84 Å². The number of benzene rings is 1. The quantitative estimate of drug-likeness (QED) is 0.667. The summed E-state index contributed by atoms with van der Waals surface area (Å²) in [5, 5.41) is 0. The largest absolute Gasteiger partial charge is 0.432 e. The predicted molar refractivity (Wildman–Crippen MR) is 89.6 cm³/mol. The van der Waals surface area contributed by atoms with Gasteiger partial charge in [-0.2, -0.15) is 4.98 Å². The van der Waals surface area contributed by atoms with Crippen molar-refractivity contribution in [3.63, 3.8) is 0 Å². The lowest BCUT2D eigenvalue weighted by Gasteiger charge is -2.43. The lowest BCUT2D eigenvalue weighted by molar-refractivity contribution is 0.287. The van der Waals surface area contributed by atoms with Crippen LogP contribution in [0.1, 0.15) is 49.1 Å². The number of para-hydroxylation sites is 1. The van der Waals surface area contributed by atoms with Crippen molar-refractivity contribution in [1.82, 2.24) is 9.38 Å². The first kappa shape index (κ1) is 13.2. The molecule has 0 N–H and O–H groups in total. The van der Waals surface area contributed by atoms with E-state index in [0.29, 0.717) is 0 Å². The van der Waals surface area contributed by atoms with Crippen LogP contribution in [0.5, 0.6) is 0 Å². The summed E-state index contributed by atoms with van der Waals surface area (Å²) in [6, 6.07) is 8.74. The lowest BCUT2D eigenvalue weighted by Crippen LogP contribution is -2.43. The Morgan fingerprint density at radius 1 is 1.13 bits per heavy atom. The van der Waals surface area contributed by atoms with Crippen molar-refractivity contribution in [3.05, 3.63) is 53.7 Å². The van der Waals surface area contributed by atoms with Crippen molar-refractivity contribution in [2.24, 2.45) is 0 Å². The van der Waals surface area contributed by atoms with Crippen LogP contribution in [-0.2, 0) is 12.1 Å². The van der Waals surface area contributed by atoms with Crippen LogP contribution in [0.15, 0.2) is 41.1 Å². The molecule has 0 saturated heterocycles. The number of hydrogen-bond donors (Lipinski definition) is 0. The molecule has 5 rings (SSSR count). The van der Waals surface area contributed by atoms with Gasteiger partial charge in [0.1, 0.15) is 6.26 Å². The van der Waals surface area contributed by atoms with Crippen molar-refractivity contribution >= 4 is 11.5 Å². The summed E-state index contributed by atoms with van der Waals surface area (Å²) >= 11 is 0. The van der Waals surface area contributed by atoms with E-state index < -0.39 is 0 Å². The Morgan fingerprint density at radius 3 is 2.78 bits per heavy atom. The third kappa shape index (κ3) is 1.69. The van der Waals surface area contributed by atoms with Gasteiger partial charge < -0.3 is 9.32 Å². The minimum atomic E-state index is 0.0498. The van der Waals surface area contributed by atoms with Crippen molar-refractivity contribution in [3.8, 4) is 0 Å². The fourth-order valence-electron chi connectivity index (χ4n) is 4.61. The molecule has 0 radical (unpaired) electrons. The van der Waals surface area contributed by atoms with Gasteiger partial charge in [0.25, 0.3) is 0 Å². The fourth-order valence-corrected chi connectivity index (χ4v) is 4.61. The zero-order chi connectivity index (χ0) is 15.4. The maximum absolute atomic E-state index is 5.55. The highest BCUT2D eigenvalue weighted by molar-refractivity contribution is 5.61. The molecule has 4 heteroatoms. The third-order valence-corrected chi connectivity index (χ3v) is 5.71. The van der Waals surface area contributed by atoms with E-state index in [1.807, 2.05) is 6.20 Å². The Bertz CT molecular complexity index is 870. The second kappa shape index (κ2) is 4.63. The van der Waals surface area contributed by atoms with Crippen LogP contribution in [0.3, 0.4) is 0 Å². The third-order valence-electron chi connectivity index (χ3n) is 5.71. The number of hydrogen-bond acceptors (Lipinski definition) is 3. The highest BCUT2D eigenvalue weighted by Gasteiger charge is 2.49. The summed E-state index contributed by atoms with van der Waals surface area (Å²) in [6.45, 7) is 3.13. The standard InChI is InChI=1S/C19H21N3O/c1-14-7-3-4-8-15(14)22-13-16-17(19(22)9-5-2-6-10-19)20-18-21(16)11-12-23-18/h3-4,7-8,11-12H,2,5-6,9-10,13H2,1H3. The molecule has 0 unspecified atom stereocenters. The first-order valence-electron chi connectivity index (χ1n) is 8.58. The number of aromatic nitrogens is 2. The maximum Gasteiger partial charge on any atom is 0.306 e. The zero-order valence-electron chi connectivity index (χ0n) is 13.5. The number of rotatable bonds is 1. The molecule has 1 spiro atoms. The monoisotopic (exact) mass is 307 g/mol. The van der Waals surface area contributed by atoms with Gasteiger partial charge in [-0.25, -0.2) is 0 Å². The molecule has 3 aromatic rings. The Morgan fingerprint density at radius 2 is 1.96 bits per heavy atom. The molecule has 2 aromatic heterocycles. The van der Waals surface area contributed by atoms with Crippen molar-refractivity contribution in [2.75, 3.05) is 4.90 Å². The summed E-state index contributed by atoms with van der Waals surface area (Å²) < 4.78 is 7.68. The van der Waals surface area contributed by atoms with E-state index >= 15 is 0 Å². The molecule has 0 bridgehead atoms. The first-order valence-corrected chi connectivity index (χ1v) is 8.58. The number of nitrogens with zero attached hydrogens (tertiary/aromatic N) is 3. The number of imidazole rings is 1. The molecule has 23 heavy (non-hydrogen) atoms. The second-order valence-corrected chi connectivity index (χ2v) is 6.93. The van der Waals surface area contributed by atoms with Gasteiger partial charge in [-0.15, -0.1) is 0 Å². The molecule has 4 nitrogen and oxygen atoms in total. The van der Waals surface area contributed by atoms with E-state index in [1.54, 1.807) is 6.26 Å². The van der Waals surface area contributed by atoms with E-state index in [1.165, 1.54) is 54.7 Å². The number of anilines is 1. The topological polar surface area (TPSA) is 33.7 Å². The number of aryl methyl sites for hydroxylation is 1. The first-order chi connectivity index (χ1) is 11.3. The molecular formula is C19H21N3O. The van der Waals surface area contributed by atoms with Gasteiger partial charge in [-0.05, 0) is 31.4 Å². The minimum absolute atomic E-state index is 0.0498. The lowest BCUT2D eigenvalue weighted by atomic mass is 9.79. The molecule has 3 heterocycles. The van der Waals surface area contributed by atoms with Gasteiger partial charge in [-0.1, -0.05) is 37.5 Å². The molecule has 2 aliphatic rings. The van der Waals surface area contributed by atoms with Gasteiger partial charge in [0.2, 0.25) is 0 Å². The molecule has 1 saturated carbocycles. The van der Waals surface area contributed by atoms with Gasteiger partial charge in [0.15, 0.2) is 0 Å². The molecular weight excluding hydrogens is 286 g/mol. The summed E-state index contributed by atoms with van der Waals surface area (Å²) in [4.78, 5) is 7.50. The number of fused-ring (bicyclic) bond motifs is 4. The summed E-state index contributed by atoms with van der Waals surface area (Å²) in [6.07, 6.45) is 10.00. The molecule has 1 aromatic carbocycles. The van der Waals surface area contributed by atoms with E-state index in [4.69, 9.17) is 9.40 Å². The van der Waals surface area contributed by atoms with E-state index in [-0.39, 0.29) is 5.54 Å². The van der Waals surface area contributed by atoms with E-state index in [9.17, 15) is 0 Å². The SMILES string of the molecule is Cc1ccccc1N1Cc2c(nc3occn23)C12CCCCC2. The van der Waals surface area contributed by atoms with E-state index in [2.05, 4.69) is 40.5 Å². The molecule has 0 atom stereocenters. The molecule has 0 amide bonds. The Kier molecular flexibility index (Phi) is 2.67. The summed E-state index contributed by atoms with van der Waals surface area (Å²) in [5.41, 5.74) is 5.30. The zero-order valence-corrected chi connectivity index (χ0v) is 13.5. The van der Waals surface area contributed by atoms with Crippen molar-refractivity contribution < 1.29 is 4.42 Å². The van der Waals surface area contributed by atoms with Crippen LogP contribution in [-0.4, -0.2) is 9.38 Å². The van der Waals surface area contributed by atoms with Crippen LogP contribution in [0.2, 0.25) is 0 Å². The Labute approximate surface area is 135 Å². The minimum Gasteiger partial charge on any atom is -0.432 e. The predicted octanol–water partition coefficient (Wildman–Crippen LogP) is 4.42. The molecule has 1 fully saturated rings. The molecule has 1 aliphatic carbocycles. The van der Waals surface area contributed by atoms with Gasteiger partial charge in [-0.3, -0.25) is 4.40 Å². The van der Waals surface area contributed by atoms with Crippen LogP contribution in [0.4, 0.5) is 5.69 Å². The fraction of sp³-hybridized carbons (Fsp3) is 0.421. The smallest absolute Gasteiger partial charge is 0.306 e. The van der Waals surface area contributed by atoms with Crippen LogP contribution in [0.25, 0.3) is 5.84 Å². The molecule has 1 aliphatic heterocycles. The Balaban J connectivity index is 1.72. The van der Waals surface area contributed by atoms with Gasteiger partial charge in [0, 0.05) is 11.9 Å². The number of oxazole rings is 1. The van der Waals surface area contributed by atoms with Crippen LogP contribution >= 0.6 is 0 Å². The second-order valence-electron chi connectivity index (χ2n) is 6.93. The average Bonchev–Trinajstić information content (AvgIpc) is 3.22. The van der Waals surface area contributed by atoms with Crippen molar-refractivity contribution in [1.29, 1.82) is 0 Å². The van der Waals surface area contributed by atoms with Crippen LogP contribution < -0.4 is 4.90 Å². The highest BCUT2D eigenvalue weighted by Crippen LogP contribution is 2.50.